The number of hydrogen-bond acceptors (Lipinski definition) is 5. The fraction of sp³-hybridized carbons (Fsp3) is 0.500. The maximum absolute atomic E-state index is 6.59. The molecule has 0 aliphatic heterocycles. The van der Waals surface area contributed by atoms with E-state index in [9.17, 15) is 0 Å². The number of nitrogens with two attached hydrogens (primary N) is 3. The molecule has 0 amide bonds. The molecule has 0 aromatic rings. The third-order valence-corrected chi connectivity index (χ3v) is 0.430. The second-order valence-electron chi connectivity index (χ2n) is 1.01. The SMILES string of the molecule is N=C(ON)C(N)N. The van der Waals surface area contributed by atoms with Crippen LogP contribution in [-0.2, 0) is 4.84 Å². The lowest BCUT2D eigenvalue weighted by atomic mass is 10.5. The maximum Gasteiger partial charge on any atom is 0.237 e. The fourth-order valence-corrected chi connectivity index (χ4v) is 0.0786. The van der Waals surface area contributed by atoms with Gasteiger partial charge in [0.25, 0.3) is 0 Å². The lowest BCUT2D eigenvalue weighted by molar-refractivity contribution is 0.302. The van der Waals surface area contributed by atoms with Crippen LogP contribution in [0, 0.1) is 5.41 Å². The number of hydrogen-bond donors (Lipinski definition) is 4. The second kappa shape index (κ2) is 2.51. The Hall–Kier alpha value is -0.650. The van der Waals surface area contributed by atoms with Crippen LogP contribution in [0.4, 0.5) is 0 Å². The zero-order valence-electron chi connectivity index (χ0n) is 3.72. The Morgan fingerprint density at radius 2 is 2.00 bits per heavy atom. The van der Waals surface area contributed by atoms with Crippen molar-refractivity contribution in [1.82, 2.24) is 0 Å². The highest BCUT2D eigenvalue weighted by atomic mass is 16.6. The first-order valence-electron chi connectivity index (χ1n) is 1.65. The second-order valence-corrected chi connectivity index (χ2v) is 1.01. The predicted octanol–water partition coefficient (Wildman–Crippen LogP) is -1.90. The first kappa shape index (κ1) is 6.35. The van der Waals surface area contributed by atoms with Crippen LogP contribution in [0.2, 0.25) is 0 Å². The highest BCUT2D eigenvalue weighted by Crippen LogP contribution is 1.67. The molecule has 0 spiro atoms. The Bertz CT molecular complexity index is 70.1. The highest BCUT2D eigenvalue weighted by Gasteiger charge is 1.99. The fourth-order valence-electron chi connectivity index (χ4n) is 0.0786. The average molecular weight is 104 g/mol. The third-order valence-electron chi connectivity index (χ3n) is 0.430. The van der Waals surface area contributed by atoms with Gasteiger partial charge in [-0.05, 0) is 0 Å². The van der Waals surface area contributed by atoms with Crippen LogP contribution in [0.5, 0.6) is 0 Å². The summed E-state index contributed by atoms with van der Waals surface area (Å²) in [6.07, 6.45) is -0.898. The zero-order valence-corrected chi connectivity index (χ0v) is 3.72. The van der Waals surface area contributed by atoms with Gasteiger partial charge in [0, 0.05) is 0 Å². The van der Waals surface area contributed by atoms with E-state index >= 15 is 0 Å². The van der Waals surface area contributed by atoms with Gasteiger partial charge in [0.05, 0.1) is 0 Å². The molecule has 0 aliphatic rings. The minimum Gasteiger partial charge on any atom is -0.393 e. The van der Waals surface area contributed by atoms with Gasteiger partial charge in [-0.25, -0.2) is 0 Å². The molecule has 0 aliphatic carbocycles. The summed E-state index contributed by atoms with van der Waals surface area (Å²) in [5.74, 6) is 4.17. The summed E-state index contributed by atoms with van der Waals surface area (Å²) in [4.78, 5) is 3.84. The van der Waals surface area contributed by atoms with Crippen molar-refractivity contribution in [2.24, 2.45) is 17.4 Å². The van der Waals surface area contributed by atoms with Crippen LogP contribution in [0.1, 0.15) is 0 Å². The highest BCUT2D eigenvalue weighted by molar-refractivity contribution is 5.77. The largest absolute Gasteiger partial charge is 0.393 e. The Morgan fingerprint density at radius 3 is 2.00 bits per heavy atom. The van der Waals surface area contributed by atoms with Gasteiger partial charge in [-0.3, -0.25) is 5.41 Å². The molecule has 0 atom stereocenters. The van der Waals surface area contributed by atoms with E-state index in [-0.39, 0.29) is 5.90 Å². The predicted molar refractivity (Wildman–Crippen MR) is 25.2 cm³/mol. The summed E-state index contributed by atoms with van der Waals surface area (Å²) in [5, 5.41) is 6.59. The van der Waals surface area contributed by atoms with Crippen molar-refractivity contribution in [2.45, 2.75) is 6.17 Å². The molecule has 0 aromatic carbocycles. The molecule has 0 radical (unpaired) electrons. The summed E-state index contributed by atoms with van der Waals surface area (Å²) in [7, 11) is 0. The first-order chi connectivity index (χ1) is 3.18. The maximum atomic E-state index is 6.59. The minimum absolute atomic E-state index is 0.319. The smallest absolute Gasteiger partial charge is 0.237 e. The van der Waals surface area contributed by atoms with Crippen LogP contribution < -0.4 is 17.4 Å². The van der Waals surface area contributed by atoms with Gasteiger partial charge >= 0.3 is 0 Å². The van der Waals surface area contributed by atoms with Crippen molar-refractivity contribution in [1.29, 1.82) is 5.41 Å². The molecular weight excluding hydrogens is 96.0 g/mol. The molecule has 0 saturated carbocycles. The molecule has 0 heterocycles. The topological polar surface area (TPSA) is 111 Å². The van der Waals surface area contributed by atoms with Gasteiger partial charge in [0.1, 0.15) is 6.17 Å². The lowest BCUT2D eigenvalue weighted by Gasteiger charge is -2.01. The van der Waals surface area contributed by atoms with E-state index in [1.165, 1.54) is 0 Å². The Kier molecular flexibility index (Phi) is 2.28. The zero-order chi connectivity index (χ0) is 5.86. The normalized spacial score (nSPS) is 9.14. The monoisotopic (exact) mass is 104 g/mol. The van der Waals surface area contributed by atoms with Gasteiger partial charge in [0.2, 0.25) is 5.90 Å². The van der Waals surface area contributed by atoms with E-state index in [0.29, 0.717) is 0 Å². The quantitative estimate of drug-likeness (QED) is 0.135. The first-order valence-corrected chi connectivity index (χ1v) is 1.65. The molecule has 42 valence electrons. The van der Waals surface area contributed by atoms with E-state index < -0.39 is 6.17 Å². The molecule has 0 aromatic heterocycles. The average Bonchev–Trinajstić information content (AvgIpc) is 1.65. The summed E-state index contributed by atoms with van der Waals surface area (Å²) in [5.41, 5.74) is 9.79. The van der Waals surface area contributed by atoms with Crippen LogP contribution in [0.25, 0.3) is 0 Å². The Balaban J connectivity index is 3.35. The van der Waals surface area contributed by atoms with Crippen LogP contribution in [0.3, 0.4) is 0 Å². The van der Waals surface area contributed by atoms with Crippen molar-refractivity contribution < 1.29 is 4.84 Å². The van der Waals surface area contributed by atoms with Crippen LogP contribution >= 0.6 is 0 Å². The molecule has 0 fully saturated rings. The van der Waals surface area contributed by atoms with Crippen molar-refractivity contribution in [2.75, 3.05) is 0 Å². The van der Waals surface area contributed by atoms with Crippen LogP contribution in [-0.4, -0.2) is 12.1 Å². The molecule has 0 saturated heterocycles. The van der Waals surface area contributed by atoms with Gasteiger partial charge in [0.15, 0.2) is 0 Å². The summed E-state index contributed by atoms with van der Waals surface area (Å²) < 4.78 is 0. The molecule has 0 rings (SSSR count). The van der Waals surface area contributed by atoms with E-state index in [2.05, 4.69) is 10.7 Å². The van der Waals surface area contributed by atoms with Crippen molar-refractivity contribution in [3.05, 3.63) is 0 Å². The van der Waals surface area contributed by atoms with Crippen LogP contribution in [0.15, 0.2) is 0 Å². The van der Waals surface area contributed by atoms with E-state index in [1.54, 1.807) is 0 Å². The van der Waals surface area contributed by atoms with E-state index in [1.807, 2.05) is 0 Å². The molecular formula is C2H8N4O. The van der Waals surface area contributed by atoms with Gasteiger partial charge in [-0.15, -0.1) is 0 Å². The van der Waals surface area contributed by atoms with Gasteiger partial charge in [-0.2, -0.15) is 5.90 Å². The van der Waals surface area contributed by atoms with Crippen molar-refractivity contribution in [3.63, 3.8) is 0 Å². The molecule has 5 heteroatoms. The molecule has 7 N–H and O–H groups in total. The summed E-state index contributed by atoms with van der Waals surface area (Å²) in [6, 6.07) is 0. The summed E-state index contributed by atoms with van der Waals surface area (Å²) >= 11 is 0. The summed E-state index contributed by atoms with van der Waals surface area (Å²) in [6.45, 7) is 0. The molecule has 0 unspecified atom stereocenters. The minimum atomic E-state index is -0.898. The third kappa shape index (κ3) is 2.10. The van der Waals surface area contributed by atoms with Gasteiger partial charge in [-0.1, -0.05) is 0 Å². The molecule has 0 bridgehead atoms. The molecule has 7 heavy (non-hydrogen) atoms. The van der Waals surface area contributed by atoms with Gasteiger partial charge < -0.3 is 16.3 Å². The Morgan fingerprint density at radius 1 is 1.57 bits per heavy atom. The number of nitrogens with one attached hydrogen (secondary N) is 1. The number of rotatable bonds is 1. The van der Waals surface area contributed by atoms with E-state index in [0.717, 1.165) is 0 Å². The van der Waals surface area contributed by atoms with Crippen molar-refractivity contribution >= 4 is 5.90 Å². The Labute approximate surface area is 40.9 Å². The van der Waals surface area contributed by atoms with Crippen molar-refractivity contribution in [3.8, 4) is 0 Å². The molecule has 5 nitrogen and oxygen atoms in total. The van der Waals surface area contributed by atoms with E-state index in [4.69, 9.17) is 16.9 Å². The standard InChI is InChI=1S/C2H8N4O/c3-1(4)2(5)7-6/h1,5H,3-4,6H2. The lowest BCUT2D eigenvalue weighted by Crippen LogP contribution is -2.41.